The molecule has 2 aliphatic rings. The number of benzene rings is 1. The summed E-state index contributed by atoms with van der Waals surface area (Å²) < 4.78 is 5.59. The molecule has 0 saturated carbocycles. The molecule has 138 valence electrons. The molecule has 0 unspecified atom stereocenters. The van der Waals surface area contributed by atoms with E-state index in [0.29, 0.717) is 0 Å². The number of piperazine rings is 1. The first kappa shape index (κ1) is 16.3. The van der Waals surface area contributed by atoms with Crippen LogP contribution in [0.4, 0.5) is 5.95 Å². The number of hydrogen-bond acceptors (Lipinski definition) is 6. The normalized spacial score (nSPS) is 17.0. The molecule has 7 nitrogen and oxygen atoms in total. The molecule has 0 spiro atoms. The predicted octanol–water partition coefficient (Wildman–Crippen LogP) is 2.12. The molecule has 2 aromatic heterocycles. The third-order valence-electron chi connectivity index (χ3n) is 5.19. The molecule has 0 aliphatic carbocycles. The van der Waals surface area contributed by atoms with Crippen LogP contribution in [0.1, 0.15) is 11.3 Å². The quantitative estimate of drug-likeness (QED) is 0.767. The number of fused-ring (bicyclic) bond motifs is 1. The first-order valence-electron chi connectivity index (χ1n) is 9.39. The van der Waals surface area contributed by atoms with Crippen molar-refractivity contribution in [1.29, 1.82) is 0 Å². The minimum atomic E-state index is 0.780. The summed E-state index contributed by atoms with van der Waals surface area (Å²) in [5.41, 5.74) is 3.53. The standard InChI is InChI=1S/C20H22N6O/c1-5-21-20(22-6-1)26-9-7-25(8-10-26)14-17-13-23-19(24-17)16-2-3-18-15(12-16)4-11-27-18/h1-3,5-6,12-13H,4,7-11,14H2,(H,23,24). The molecule has 3 aromatic rings. The fourth-order valence-corrected chi connectivity index (χ4v) is 3.72. The highest BCUT2D eigenvalue weighted by molar-refractivity contribution is 5.59. The van der Waals surface area contributed by atoms with Crippen LogP contribution in [0.2, 0.25) is 0 Å². The summed E-state index contributed by atoms with van der Waals surface area (Å²) in [5.74, 6) is 2.75. The van der Waals surface area contributed by atoms with Crippen molar-refractivity contribution in [3.8, 4) is 17.1 Å². The monoisotopic (exact) mass is 362 g/mol. The largest absolute Gasteiger partial charge is 0.493 e. The van der Waals surface area contributed by atoms with Crippen LogP contribution in [0.3, 0.4) is 0 Å². The molecular formula is C20H22N6O. The highest BCUT2D eigenvalue weighted by Gasteiger charge is 2.20. The van der Waals surface area contributed by atoms with Gasteiger partial charge in [-0.2, -0.15) is 0 Å². The Morgan fingerprint density at radius 3 is 2.74 bits per heavy atom. The second kappa shape index (κ2) is 7.00. The maximum Gasteiger partial charge on any atom is 0.225 e. The summed E-state index contributed by atoms with van der Waals surface area (Å²) in [6.07, 6.45) is 6.52. The summed E-state index contributed by atoms with van der Waals surface area (Å²) >= 11 is 0. The van der Waals surface area contributed by atoms with Crippen molar-refractivity contribution in [1.82, 2.24) is 24.8 Å². The molecule has 1 fully saturated rings. The molecular weight excluding hydrogens is 340 g/mol. The van der Waals surface area contributed by atoms with E-state index in [4.69, 9.17) is 4.74 Å². The Hall–Kier alpha value is -2.93. The van der Waals surface area contributed by atoms with Crippen LogP contribution in [0.25, 0.3) is 11.4 Å². The molecule has 1 aromatic carbocycles. The van der Waals surface area contributed by atoms with E-state index in [0.717, 1.165) is 74.5 Å². The average molecular weight is 362 g/mol. The number of H-pyrrole nitrogens is 1. The topological polar surface area (TPSA) is 70.2 Å². The van der Waals surface area contributed by atoms with Crippen molar-refractivity contribution in [2.24, 2.45) is 0 Å². The Bertz CT molecular complexity index is 917. The minimum absolute atomic E-state index is 0.780. The average Bonchev–Trinajstić information content (AvgIpc) is 3.38. The van der Waals surface area contributed by atoms with E-state index in [-0.39, 0.29) is 0 Å². The van der Waals surface area contributed by atoms with Crippen molar-refractivity contribution < 1.29 is 4.74 Å². The van der Waals surface area contributed by atoms with E-state index in [1.807, 2.05) is 18.3 Å². The van der Waals surface area contributed by atoms with E-state index in [2.05, 4.69) is 41.9 Å². The van der Waals surface area contributed by atoms with Gasteiger partial charge < -0.3 is 14.6 Å². The van der Waals surface area contributed by atoms with Crippen LogP contribution < -0.4 is 9.64 Å². The number of rotatable bonds is 4. The molecule has 27 heavy (non-hydrogen) atoms. The van der Waals surface area contributed by atoms with Crippen molar-refractivity contribution in [3.05, 3.63) is 54.1 Å². The minimum Gasteiger partial charge on any atom is -0.493 e. The van der Waals surface area contributed by atoms with Crippen molar-refractivity contribution in [2.75, 3.05) is 37.7 Å². The smallest absolute Gasteiger partial charge is 0.225 e. The molecule has 4 heterocycles. The van der Waals surface area contributed by atoms with E-state index >= 15 is 0 Å². The highest BCUT2D eigenvalue weighted by Crippen LogP contribution is 2.29. The Balaban J connectivity index is 1.22. The summed E-state index contributed by atoms with van der Waals surface area (Å²) in [7, 11) is 0. The zero-order chi connectivity index (χ0) is 18.1. The second-order valence-corrected chi connectivity index (χ2v) is 6.99. The fraction of sp³-hybridized carbons (Fsp3) is 0.350. The fourth-order valence-electron chi connectivity index (χ4n) is 3.72. The van der Waals surface area contributed by atoms with Gasteiger partial charge in [0.15, 0.2) is 0 Å². The number of aromatic amines is 1. The third kappa shape index (κ3) is 3.38. The van der Waals surface area contributed by atoms with Crippen molar-refractivity contribution in [3.63, 3.8) is 0 Å². The lowest BCUT2D eigenvalue weighted by Crippen LogP contribution is -2.46. The predicted molar refractivity (Wildman–Crippen MR) is 103 cm³/mol. The number of imidazole rings is 1. The first-order valence-corrected chi connectivity index (χ1v) is 9.39. The van der Waals surface area contributed by atoms with Gasteiger partial charge in [0.1, 0.15) is 11.6 Å². The first-order chi connectivity index (χ1) is 13.3. The third-order valence-corrected chi connectivity index (χ3v) is 5.19. The number of hydrogen-bond donors (Lipinski definition) is 1. The number of nitrogens with one attached hydrogen (secondary N) is 1. The van der Waals surface area contributed by atoms with Gasteiger partial charge in [-0.05, 0) is 29.8 Å². The van der Waals surface area contributed by atoms with Gasteiger partial charge in [0.25, 0.3) is 0 Å². The van der Waals surface area contributed by atoms with Crippen molar-refractivity contribution >= 4 is 5.95 Å². The van der Waals surface area contributed by atoms with Crippen LogP contribution in [0.5, 0.6) is 5.75 Å². The number of aromatic nitrogens is 4. The lowest BCUT2D eigenvalue weighted by Gasteiger charge is -2.34. The van der Waals surface area contributed by atoms with Crippen molar-refractivity contribution in [2.45, 2.75) is 13.0 Å². The van der Waals surface area contributed by atoms with Gasteiger partial charge in [0.05, 0.1) is 6.61 Å². The van der Waals surface area contributed by atoms with Gasteiger partial charge >= 0.3 is 0 Å². The summed E-state index contributed by atoms with van der Waals surface area (Å²) in [4.78, 5) is 21.4. The van der Waals surface area contributed by atoms with E-state index in [1.165, 1.54) is 5.56 Å². The molecule has 2 aliphatic heterocycles. The van der Waals surface area contributed by atoms with Crippen LogP contribution in [-0.4, -0.2) is 57.6 Å². The van der Waals surface area contributed by atoms with E-state index in [9.17, 15) is 0 Å². The number of ether oxygens (including phenoxy) is 1. The van der Waals surface area contributed by atoms with E-state index < -0.39 is 0 Å². The van der Waals surface area contributed by atoms with Crippen LogP contribution in [0, 0.1) is 0 Å². The van der Waals surface area contributed by atoms with Crippen LogP contribution in [-0.2, 0) is 13.0 Å². The summed E-state index contributed by atoms with van der Waals surface area (Å²) in [5, 5.41) is 0. The lowest BCUT2D eigenvalue weighted by molar-refractivity contribution is 0.246. The summed E-state index contributed by atoms with van der Waals surface area (Å²) in [6, 6.07) is 8.16. The van der Waals surface area contributed by atoms with Gasteiger partial charge in [0.2, 0.25) is 5.95 Å². The molecule has 0 bridgehead atoms. The molecule has 0 radical (unpaired) electrons. The van der Waals surface area contributed by atoms with E-state index in [1.54, 1.807) is 12.4 Å². The Kier molecular flexibility index (Phi) is 4.21. The Morgan fingerprint density at radius 1 is 1.04 bits per heavy atom. The molecule has 1 saturated heterocycles. The highest BCUT2D eigenvalue weighted by atomic mass is 16.5. The zero-order valence-electron chi connectivity index (χ0n) is 15.1. The maximum absolute atomic E-state index is 5.59. The zero-order valence-corrected chi connectivity index (χ0v) is 15.1. The molecule has 5 rings (SSSR count). The Labute approximate surface area is 158 Å². The van der Waals surface area contributed by atoms with Crippen LogP contribution >= 0.6 is 0 Å². The molecule has 0 amide bonds. The number of nitrogens with zero attached hydrogens (tertiary/aromatic N) is 5. The van der Waals surface area contributed by atoms with Gasteiger partial charge in [-0.1, -0.05) is 0 Å². The van der Waals surface area contributed by atoms with Gasteiger partial charge in [0, 0.05) is 69.0 Å². The molecule has 0 atom stereocenters. The molecule has 1 N–H and O–H groups in total. The lowest BCUT2D eigenvalue weighted by atomic mass is 10.1. The van der Waals surface area contributed by atoms with Crippen LogP contribution in [0.15, 0.2) is 42.9 Å². The second-order valence-electron chi connectivity index (χ2n) is 6.99. The maximum atomic E-state index is 5.59. The summed E-state index contributed by atoms with van der Waals surface area (Å²) in [6.45, 7) is 5.52. The SMILES string of the molecule is c1cnc(N2CCN(Cc3cnc(-c4ccc5c(c4)CCO5)[nH]3)CC2)nc1. The van der Waals surface area contributed by atoms with Gasteiger partial charge in [-0.25, -0.2) is 15.0 Å². The number of anilines is 1. The molecule has 7 heteroatoms. The van der Waals surface area contributed by atoms with Gasteiger partial charge in [-0.3, -0.25) is 4.90 Å². The van der Waals surface area contributed by atoms with Gasteiger partial charge in [-0.15, -0.1) is 0 Å². The Morgan fingerprint density at radius 2 is 1.89 bits per heavy atom.